The second-order valence-electron chi connectivity index (χ2n) is 7.65. The maximum Gasteiger partial charge on any atom is 0.257 e. The van der Waals surface area contributed by atoms with Crippen LogP contribution in [0.1, 0.15) is 27.9 Å². The number of benzene rings is 2. The number of rotatable bonds is 5. The minimum absolute atomic E-state index is 0.0237. The number of nitrogens with zero attached hydrogens (tertiary/aromatic N) is 1. The van der Waals surface area contributed by atoms with Crippen LogP contribution >= 0.6 is 11.3 Å². The van der Waals surface area contributed by atoms with Gasteiger partial charge in [0.05, 0.1) is 26.6 Å². The van der Waals surface area contributed by atoms with E-state index in [1.165, 1.54) is 35.6 Å². The predicted octanol–water partition coefficient (Wildman–Crippen LogP) is 2.63. The summed E-state index contributed by atoms with van der Waals surface area (Å²) in [5.74, 6) is -0.620. The van der Waals surface area contributed by atoms with Gasteiger partial charge in [-0.1, -0.05) is 17.4 Å². The molecule has 0 spiro atoms. The largest absolute Gasteiger partial charge is 0.298 e. The number of thiazole rings is 1. The van der Waals surface area contributed by atoms with Crippen molar-refractivity contribution in [3.05, 3.63) is 53.1 Å². The molecule has 11 heteroatoms. The van der Waals surface area contributed by atoms with Crippen LogP contribution in [0.15, 0.2) is 41.3 Å². The third kappa shape index (κ3) is 4.79. The second kappa shape index (κ2) is 7.97. The number of carbonyl (C=O) groups excluding carboxylic acids is 1. The number of sulfonamides is 1. The Labute approximate surface area is 184 Å². The Kier molecular flexibility index (Phi) is 5.63. The number of hydrogen-bond donors (Lipinski definition) is 2. The highest BCUT2D eigenvalue weighted by Gasteiger charge is 2.31. The van der Waals surface area contributed by atoms with Gasteiger partial charge in [-0.2, -0.15) is 0 Å². The van der Waals surface area contributed by atoms with Crippen LogP contribution in [0.5, 0.6) is 0 Å². The first-order chi connectivity index (χ1) is 14.5. The summed E-state index contributed by atoms with van der Waals surface area (Å²) < 4.78 is 51.5. The van der Waals surface area contributed by atoms with E-state index in [0.29, 0.717) is 5.13 Å². The lowest BCUT2D eigenvalue weighted by Gasteiger charge is -2.12. The van der Waals surface area contributed by atoms with Crippen LogP contribution < -0.4 is 10.0 Å². The molecule has 1 aromatic heterocycles. The quantitative estimate of drug-likeness (QED) is 0.580. The summed E-state index contributed by atoms with van der Waals surface area (Å²) in [6.07, 6.45) is 0.253. The highest BCUT2D eigenvalue weighted by atomic mass is 32.2. The highest BCUT2D eigenvalue weighted by Crippen LogP contribution is 2.29. The van der Waals surface area contributed by atoms with E-state index in [-0.39, 0.29) is 28.4 Å². The van der Waals surface area contributed by atoms with Gasteiger partial charge in [0.1, 0.15) is 0 Å². The van der Waals surface area contributed by atoms with E-state index in [1.807, 2.05) is 26.0 Å². The zero-order valence-corrected chi connectivity index (χ0v) is 19.3. The lowest BCUT2D eigenvalue weighted by molar-refractivity contribution is 0.102. The molecule has 0 unspecified atom stereocenters. The molecular weight excluding hydrogens is 458 g/mol. The van der Waals surface area contributed by atoms with Gasteiger partial charge in [-0.3, -0.25) is 10.1 Å². The highest BCUT2D eigenvalue weighted by molar-refractivity contribution is 7.92. The van der Waals surface area contributed by atoms with Crippen molar-refractivity contribution in [2.24, 2.45) is 0 Å². The SMILES string of the molecule is Cc1cc(C)c2nc(NC(=O)c3ccc(S(=O)(=O)N[C@@H]4CCS(=O)(=O)C4)cc3)sc2c1. The van der Waals surface area contributed by atoms with E-state index < -0.39 is 31.8 Å². The molecule has 3 aromatic rings. The monoisotopic (exact) mass is 479 g/mol. The van der Waals surface area contributed by atoms with Crippen LogP contribution in [0.4, 0.5) is 5.13 Å². The first-order valence-corrected chi connectivity index (χ1v) is 13.7. The molecule has 2 heterocycles. The average Bonchev–Trinajstić information content (AvgIpc) is 3.23. The van der Waals surface area contributed by atoms with Crippen LogP contribution in [0.3, 0.4) is 0 Å². The van der Waals surface area contributed by atoms with E-state index in [2.05, 4.69) is 15.0 Å². The third-order valence-electron chi connectivity index (χ3n) is 5.03. The van der Waals surface area contributed by atoms with Crippen molar-refractivity contribution in [2.75, 3.05) is 16.8 Å². The van der Waals surface area contributed by atoms with Crippen LogP contribution in [0.2, 0.25) is 0 Å². The molecule has 0 radical (unpaired) electrons. The van der Waals surface area contributed by atoms with E-state index in [9.17, 15) is 21.6 Å². The fraction of sp³-hybridized carbons (Fsp3) is 0.300. The Hall–Kier alpha value is -2.34. The van der Waals surface area contributed by atoms with Crippen LogP contribution in [-0.4, -0.2) is 45.3 Å². The van der Waals surface area contributed by atoms with E-state index in [1.54, 1.807) is 0 Å². The summed E-state index contributed by atoms with van der Waals surface area (Å²) in [6, 6.07) is 8.89. The fourth-order valence-electron chi connectivity index (χ4n) is 3.55. The molecular formula is C20H21N3O5S3. The standard InChI is InChI=1S/C20H21N3O5S3/c1-12-9-13(2)18-17(10-12)29-20(21-18)22-19(24)14-3-5-16(6-4-14)31(27,28)23-15-7-8-30(25,26)11-15/h3-6,9-10,15,23H,7-8,11H2,1-2H3,(H,21,22,24)/t15-/m1/s1. The van der Waals surface area contributed by atoms with Gasteiger partial charge in [-0.05, 0) is 61.7 Å². The molecule has 0 aliphatic carbocycles. The summed E-state index contributed by atoms with van der Waals surface area (Å²) in [5, 5.41) is 3.22. The van der Waals surface area contributed by atoms with Crippen LogP contribution in [-0.2, 0) is 19.9 Å². The number of sulfone groups is 1. The average molecular weight is 480 g/mol. The molecule has 1 atom stereocenters. The zero-order chi connectivity index (χ0) is 22.4. The molecule has 1 amide bonds. The van der Waals surface area contributed by atoms with E-state index in [0.717, 1.165) is 21.3 Å². The summed E-state index contributed by atoms with van der Waals surface area (Å²) in [6.45, 7) is 3.97. The predicted molar refractivity (Wildman–Crippen MR) is 121 cm³/mol. The van der Waals surface area contributed by atoms with Gasteiger partial charge in [0.2, 0.25) is 10.0 Å². The molecule has 31 heavy (non-hydrogen) atoms. The number of nitrogens with one attached hydrogen (secondary N) is 2. The Morgan fingerprint density at radius 3 is 2.52 bits per heavy atom. The number of anilines is 1. The fourth-order valence-corrected chi connectivity index (χ4v) is 7.64. The summed E-state index contributed by atoms with van der Waals surface area (Å²) >= 11 is 1.38. The van der Waals surface area contributed by atoms with Gasteiger partial charge in [0.15, 0.2) is 15.0 Å². The van der Waals surface area contributed by atoms with Crippen molar-refractivity contribution in [3.63, 3.8) is 0 Å². The normalized spacial score (nSPS) is 18.3. The smallest absolute Gasteiger partial charge is 0.257 e. The Balaban J connectivity index is 1.47. The van der Waals surface area contributed by atoms with E-state index in [4.69, 9.17) is 0 Å². The van der Waals surface area contributed by atoms with Crippen molar-refractivity contribution in [3.8, 4) is 0 Å². The minimum atomic E-state index is -3.88. The number of hydrogen-bond acceptors (Lipinski definition) is 7. The Morgan fingerprint density at radius 2 is 1.87 bits per heavy atom. The lowest BCUT2D eigenvalue weighted by Crippen LogP contribution is -2.35. The molecule has 1 aliphatic rings. The number of amides is 1. The van der Waals surface area contributed by atoms with Crippen molar-refractivity contribution >= 4 is 52.5 Å². The molecule has 2 aromatic carbocycles. The van der Waals surface area contributed by atoms with Gasteiger partial charge in [-0.15, -0.1) is 0 Å². The minimum Gasteiger partial charge on any atom is -0.298 e. The summed E-state index contributed by atoms with van der Waals surface area (Å²) in [4.78, 5) is 17.0. The molecule has 1 aliphatic heterocycles. The molecule has 8 nitrogen and oxygen atoms in total. The molecule has 164 valence electrons. The summed E-state index contributed by atoms with van der Waals surface area (Å²) in [5.41, 5.74) is 3.28. The number of aryl methyl sites for hydroxylation is 2. The number of fused-ring (bicyclic) bond motifs is 1. The number of carbonyl (C=O) groups is 1. The van der Waals surface area contributed by atoms with Gasteiger partial charge in [0.25, 0.3) is 5.91 Å². The van der Waals surface area contributed by atoms with Crippen LogP contribution in [0.25, 0.3) is 10.2 Å². The topological polar surface area (TPSA) is 122 Å². The van der Waals surface area contributed by atoms with Gasteiger partial charge < -0.3 is 0 Å². The molecule has 0 saturated carbocycles. The Morgan fingerprint density at radius 1 is 1.16 bits per heavy atom. The zero-order valence-electron chi connectivity index (χ0n) is 16.9. The molecule has 1 saturated heterocycles. The van der Waals surface area contributed by atoms with Gasteiger partial charge in [0, 0.05) is 11.6 Å². The Bertz CT molecular complexity index is 1380. The maximum absolute atomic E-state index is 12.6. The molecule has 4 rings (SSSR count). The van der Waals surface area contributed by atoms with Gasteiger partial charge in [-0.25, -0.2) is 26.5 Å². The third-order valence-corrected chi connectivity index (χ3v) is 9.25. The molecule has 2 N–H and O–H groups in total. The number of aromatic nitrogens is 1. The van der Waals surface area contributed by atoms with Crippen molar-refractivity contribution in [1.29, 1.82) is 0 Å². The lowest BCUT2D eigenvalue weighted by atomic mass is 10.1. The maximum atomic E-state index is 12.6. The molecule has 0 bridgehead atoms. The summed E-state index contributed by atoms with van der Waals surface area (Å²) in [7, 11) is -7.08. The van der Waals surface area contributed by atoms with Crippen LogP contribution in [0, 0.1) is 13.8 Å². The van der Waals surface area contributed by atoms with Crippen molar-refractivity contribution < 1.29 is 21.6 Å². The first-order valence-electron chi connectivity index (χ1n) is 9.54. The van der Waals surface area contributed by atoms with E-state index >= 15 is 0 Å². The molecule has 1 fully saturated rings. The van der Waals surface area contributed by atoms with Gasteiger partial charge >= 0.3 is 0 Å². The first kappa shape index (κ1) is 21.9. The van der Waals surface area contributed by atoms with Crippen molar-refractivity contribution in [1.82, 2.24) is 9.71 Å². The second-order valence-corrected chi connectivity index (χ2v) is 12.6. The van der Waals surface area contributed by atoms with Crippen molar-refractivity contribution in [2.45, 2.75) is 31.2 Å².